The van der Waals surface area contributed by atoms with Crippen LogP contribution in [0.4, 0.5) is 5.82 Å². The predicted molar refractivity (Wildman–Crippen MR) is 121 cm³/mol. The van der Waals surface area contributed by atoms with E-state index in [2.05, 4.69) is 11.0 Å². The molecule has 0 radical (unpaired) electrons. The summed E-state index contributed by atoms with van der Waals surface area (Å²) in [7, 11) is 0. The van der Waals surface area contributed by atoms with Crippen molar-refractivity contribution in [3.05, 3.63) is 51.5 Å². The number of rotatable bonds is 5. The molecule has 0 amide bonds. The molecule has 0 unspecified atom stereocenters. The fourth-order valence-electron chi connectivity index (χ4n) is 3.84. The SMILES string of the molecule is CC1(C)Cc2c(C#N)c(SCC(=O)c3ccc(Cl)cc3)nc(N3CCOCC3)c2CO1. The van der Waals surface area contributed by atoms with Crippen LogP contribution in [0.25, 0.3) is 0 Å². The van der Waals surface area contributed by atoms with Gasteiger partial charge in [-0.25, -0.2) is 4.98 Å². The van der Waals surface area contributed by atoms with E-state index in [4.69, 9.17) is 26.1 Å². The highest BCUT2D eigenvalue weighted by Crippen LogP contribution is 2.38. The zero-order valence-corrected chi connectivity index (χ0v) is 19.2. The molecule has 1 fully saturated rings. The van der Waals surface area contributed by atoms with Gasteiger partial charge in [-0.2, -0.15) is 5.26 Å². The summed E-state index contributed by atoms with van der Waals surface area (Å²) in [5.74, 6) is 1.01. The Labute approximate surface area is 191 Å². The maximum Gasteiger partial charge on any atom is 0.173 e. The fraction of sp³-hybridized carbons (Fsp3) is 0.435. The van der Waals surface area contributed by atoms with Gasteiger partial charge in [0.1, 0.15) is 16.9 Å². The van der Waals surface area contributed by atoms with Gasteiger partial charge in [-0.1, -0.05) is 23.4 Å². The van der Waals surface area contributed by atoms with Crippen LogP contribution in [-0.4, -0.2) is 48.4 Å². The lowest BCUT2D eigenvalue weighted by atomic mass is 9.89. The molecule has 3 heterocycles. The van der Waals surface area contributed by atoms with Crippen LogP contribution in [0, 0.1) is 11.3 Å². The number of pyridine rings is 1. The first-order valence-electron chi connectivity index (χ1n) is 10.2. The molecule has 0 atom stereocenters. The van der Waals surface area contributed by atoms with Crippen LogP contribution >= 0.6 is 23.4 Å². The van der Waals surface area contributed by atoms with Crippen LogP contribution in [0.15, 0.2) is 29.3 Å². The second-order valence-corrected chi connectivity index (χ2v) is 9.63. The Kier molecular flexibility index (Phi) is 6.54. The number of Topliss-reactive ketones (excluding diaryl/α,β-unsaturated/α-hetero) is 1. The molecular weight excluding hydrogens is 434 g/mol. The highest BCUT2D eigenvalue weighted by atomic mass is 35.5. The normalized spacial score (nSPS) is 17.7. The Morgan fingerprint density at radius 3 is 2.65 bits per heavy atom. The van der Waals surface area contributed by atoms with E-state index in [-0.39, 0.29) is 17.1 Å². The molecule has 0 saturated carbocycles. The number of hydrogen-bond donors (Lipinski definition) is 0. The van der Waals surface area contributed by atoms with E-state index in [0.717, 1.165) is 30.0 Å². The quantitative estimate of drug-likeness (QED) is 0.490. The maximum atomic E-state index is 12.7. The lowest BCUT2D eigenvalue weighted by molar-refractivity contribution is -0.0402. The summed E-state index contributed by atoms with van der Waals surface area (Å²) in [6, 6.07) is 9.20. The van der Waals surface area contributed by atoms with Gasteiger partial charge < -0.3 is 14.4 Å². The second kappa shape index (κ2) is 9.17. The number of morpholine rings is 1. The zero-order chi connectivity index (χ0) is 22.0. The Morgan fingerprint density at radius 1 is 1.26 bits per heavy atom. The number of anilines is 1. The van der Waals surface area contributed by atoms with E-state index in [1.54, 1.807) is 24.3 Å². The number of nitriles is 1. The van der Waals surface area contributed by atoms with Gasteiger partial charge >= 0.3 is 0 Å². The number of ketones is 1. The number of ether oxygens (including phenoxy) is 2. The van der Waals surface area contributed by atoms with Crippen LogP contribution in [-0.2, 0) is 22.5 Å². The first-order chi connectivity index (χ1) is 14.9. The molecule has 0 spiro atoms. The zero-order valence-electron chi connectivity index (χ0n) is 17.6. The van der Waals surface area contributed by atoms with Crippen molar-refractivity contribution in [2.75, 3.05) is 37.0 Å². The third-order valence-corrected chi connectivity index (χ3v) is 6.72. The van der Waals surface area contributed by atoms with Crippen molar-refractivity contribution >= 4 is 35.0 Å². The Balaban J connectivity index is 1.68. The van der Waals surface area contributed by atoms with Crippen molar-refractivity contribution in [2.45, 2.75) is 37.5 Å². The monoisotopic (exact) mass is 457 g/mol. The number of fused-ring (bicyclic) bond motifs is 1. The van der Waals surface area contributed by atoms with Crippen LogP contribution in [0.5, 0.6) is 0 Å². The van der Waals surface area contributed by atoms with E-state index in [1.165, 1.54) is 11.8 Å². The molecule has 0 N–H and O–H groups in total. The van der Waals surface area contributed by atoms with Gasteiger partial charge in [0.25, 0.3) is 0 Å². The summed E-state index contributed by atoms with van der Waals surface area (Å²) in [6.07, 6.45) is 0.629. The first kappa shape index (κ1) is 22.1. The Hall–Kier alpha value is -2.11. The molecule has 0 aliphatic carbocycles. The highest BCUT2D eigenvalue weighted by molar-refractivity contribution is 8.00. The molecule has 1 aromatic heterocycles. The van der Waals surface area contributed by atoms with Crippen molar-refractivity contribution in [1.29, 1.82) is 5.26 Å². The van der Waals surface area contributed by atoms with Gasteiger partial charge in [-0.05, 0) is 43.7 Å². The van der Waals surface area contributed by atoms with E-state index >= 15 is 0 Å². The Morgan fingerprint density at radius 2 is 1.97 bits per heavy atom. The Bertz CT molecular complexity index is 1030. The van der Waals surface area contributed by atoms with Gasteiger partial charge in [0.15, 0.2) is 5.78 Å². The number of benzene rings is 1. The largest absolute Gasteiger partial charge is 0.378 e. The smallest absolute Gasteiger partial charge is 0.173 e. The number of carbonyl (C=O) groups is 1. The van der Waals surface area contributed by atoms with Crippen molar-refractivity contribution in [2.24, 2.45) is 0 Å². The minimum Gasteiger partial charge on any atom is -0.378 e. The van der Waals surface area contributed by atoms with Gasteiger partial charge in [-0.15, -0.1) is 0 Å². The van der Waals surface area contributed by atoms with E-state index in [9.17, 15) is 10.1 Å². The molecule has 31 heavy (non-hydrogen) atoms. The average molecular weight is 458 g/mol. The topological polar surface area (TPSA) is 75.5 Å². The fourth-order valence-corrected chi connectivity index (χ4v) is 4.86. The number of thioether (sulfide) groups is 1. The van der Waals surface area contributed by atoms with Crippen LogP contribution in [0.1, 0.15) is 40.9 Å². The second-order valence-electron chi connectivity index (χ2n) is 8.23. The van der Waals surface area contributed by atoms with Crippen molar-refractivity contribution in [3.63, 3.8) is 0 Å². The molecular formula is C23H24ClN3O3S. The summed E-state index contributed by atoms with van der Waals surface area (Å²) >= 11 is 7.24. The van der Waals surface area contributed by atoms with Crippen molar-refractivity contribution in [3.8, 4) is 6.07 Å². The first-order valence-corrected chi connectivity index (χ1v) is 11.6. The lowest BCUT2D eigenvalue weighted by Crippen LogP contribution is -2.39. The lowest BCUT2D eigenvalue weighted by Gasteiger charge is -2.36. The number of nitrogens with zero attached hydrogens (tertiary/aromatic N) is 3. The van der Waals surface area contributed by atoms with E-state index in [1.807, 2.05) is 13.8 Å². The van der Waals surface area contributed by atoms with Gasteiger partial charge in [0.2, 0.25) is 0 Å². The van der Waals surface area contributed by atoms with Gasteiger partial charge in [0.05, 0.1) is 36.7 Å². The summed E-state index contributed by atoms with van der Waals surface area (Å²) < 4.78 is 11.5. The predicted octanol–water partition coefficient (Wildman–Crippen LogP) is 4.27. The summed E-state index contributed by atoms with van der Waals surface area (Å²) in [4.78, 5) is 19.7. The molecule has 2 aliphatic rings. The highest BCUT2D eigenvalue weighted by Gasteiger charge is 2.33. The van der Waals surface area contributed by atoms with E-state index in [0.29, 0.717) is 47.4 Å². The molecule has 2 aliphatic heterocycles. The summed E-state index contributed by atoms with van der Waals surface area (Å²) in [5.41, 5.74) is 2.75. The molecule has 1 saturated heterocycles. The maximum absolute atomic E-state index is 12.7. The molecule has 162 valence electrons. The van der Waals surface area contributed by atoms with Crippen LogP contribution < -0.4 is 4.90 Å². The minimum absolute atomic E-state index is 0.0262. The summed E-state index contributed by atoms with van der Waals surface area (Å²) in [6.45, 7) is 7.24. The van der Waals surface area contributed by atoms with Crippen LogP contribution in [0.3, 0.4) is 0 Å². The van der Waals surface area contributed by atoms with Crippen molar-refractivity contribution < 1.29 is 14.3 Å². The molecule has 1 aromatic carbocycles. The minimum atomic E-state index is -0.358. The van der Waals surface area contributed by atoms with Crippen molar-refractivity contribution in [1.82, 2.24) is 4.98 Å². The molecule has 0 bridgehead atoms. The van der Waals surface area contributed by atoms with E-state index < -0.39 is 0 Å². The number of aromatic nitrogens is 1. The number of hydrogen-bond acceptors (Lipinski definition) is 7. The molecule has 8 heteroatoms. The molecule has 6 nitrogen and oxygen atoms in total. The number of carbonyl (C=O) groups excluding carboxylic acids is 1. The third-order valence-electron chi connectivity index (χ3n) is 5.50. The number of halogens is 1. The van der Waals surface area contributed by atoms with Crippen LogP contribution in [0.2, 0.25) is 5.02 Å². The average Bonchev–Trinajstić information content (AvgIpc) is 2.77. The molecule has 2 aromatic rings. The summed E-state index contributed by atoms with van der Waals surface area (Å²) in [5, 5.41) is 11.2. The standard InChI is InChI=1S/C23H24ClN3O3S/c1-23(2)11-17-18(12-25)22(31-14-20(28)15-3-5-16(24)6-4-15)26-21(19(17)13-30-23)27-7-9-29-10-8-27/h3-6H,7-11,13-14H2,1-2H3. The van der Waals surface area contributed by atoms with Gasteiger partial charge in [-0.3, -0.25) is 4.79 Å². The molecule has 4 rings (SSSR count). The third kappa shape index (κ3) is 4.88. The van der Waals surface area contributed by atoms with Gasteiger partial charge in [0, 0.05) is 35.7 Å².